The van der Waals surface area contributed by atoms with Crippen LogP contribution < -0.4 is 15.4 Å². The standard InChI is InChI=1S/C15H25N3O/c1-17(2)15(11-16)9-4-10-18(12-15)13-5-7-14(19-3)8-6-13/h5-8H,4,9-12,16H2,1-3H3. The van der Waals surface area contributed by atoms with Gasteiger partial charge in [-0.2, -0.15) is 0 Å². The maximum Gasteiger partial charge on any atom is 0.119 e. The van der Waals surface area contributed by atoms with Gasteiger partial charge < -0.3 is 20.3 Å². The van der Waals surface area contributed by atoms with E-state index < -0.39 is 0 Å². The minimum Gasteiger partial charge on any atom is -0.497 e. The molecule has 1 heterocycles. The number of nitrogens with zero attached hydrogens (tertiary/aromatic N) is 2. The molecule has 0 radical (unpaired) electrons. The van der Waals surface area contributed by atoms with Gasteiger partial charge >= 0.3 is 0 Å². The molecule has 1 aromatic carbocycles. The summed E-state index contributed by atoms with van der Waals surface area (Å²) in [5.41, 5.74) is 7.38. The zero-order chi connectivity index (χ0) is 13.9. The van der Waals surface area contributed by atoms with Crippen molar-refractivity contribution in [2.75, 3.05) is 45.7 Å². The Morgan fingerprint density at radius 2 is 2.00 bits per heavy atom. The van der Waals surface area contributed by atoms with Crippen molar-refractivity contribution < 1.29 is 4.74 Å². The first kappa shape index (κ1) is 14.2. The lowest BCUT2D eigenvalue weighted by Gasteiger charge is -2.47. The van der Waals surface area contributed by atoms with Crippen LogP contribution in [0.5, 0.6) is 5.75 Å². The Hall–Kier alpha value is -1.26. The van der Waals surface area contributed by atoms with Crippen LogP contribution in [0.25, 0.3) is 0 Å². The Morgan fingerprint density at radius 3 is 2.53 bits per heavy atom. The van der Waals surface area contributed by atoms with Gasteiger partial charge in [0.15, 0.2) is 0 Å². The van der Waals surface area contributed by atoms with Crippen LogP contribution in [0.15, 0.2) is 24.3 Å². The lowest BCUT2D eigenvalue weighted by atomic mass is 9.87. The highest BCUT2D eigenvalue weighted by atomic mass is 16.5. The van der Waals surface area contributed by atoms with Crippen molar-refractivity contribution in [2.45, 2.75) is 18.4 Å². The van der Waals surface area contributed by atoms with Crippen LogP contribution in [0.3, 0.4) is 0 Å². The van der Waals surface area contributed by atoms with E-state index in [0.29, 0.717) is 6.54 Å². The van der Waals surface area contributed by atoms with Crippen LogP contribution in [-0.4, -0.2) is 51.3 Å². The molecule has 106 valence electrons. The fraction of sp³-hybridized carbons (Fsp3) is 0.600. The third-order valence-electron chi connectivity index (χ3n) is 4.32. The summed E-state index contributed by atoms with van der Waals surface area (Å²) in [6.07, 6.45) is 2.35. The molecule has 0 amide bonds. The summed E-state index contributed by atoms with van der Waals surface area (Å²) in [6.45, 7) is 2.79. The first-order valence-electron chi connectivity index (χ1n) is 6.88. The van der Waals surface area contributed by atoms with Gasteiger partial charge in [-0.05, 0) is 51.2 Å². The van der Waals surface area contributed by atoms with Crippen LogP contribution in [0, 0.1) is 0 Å². The van der Waals surface area contributed by atoms with E-state index in [0.717, 1.165) is 18.8 Å². The normalized spacial score (nSPS) is 23.7. The third-order valence-corrected chi connectivity index (χ3v) is 4.32. The van der Waals surface area contributed by atoms with Gasteiger partial charge in [0.25, 0.3) is 0 Å². The summed E-state index contributed by atoms with van der Waals surface area (Å²) in [5, 5.41) is 0. The number of piperidine rings is 1. The van der Waals surface area contributed by atoms with Crippen molar-refractivity contribution >= 4 is 5.69 Å². The maximum absolute atomic E-state index is 6.04. The number of hydrogen-bond donors (Lipinski definition) is 1. The van der Waals surface area contributed by atoms with Crippen molar-refractivity contribution in [3.05, 3.63) is 24.3 Å². The van der Waals surface area contributed by atoms with E-state index in [-0.39, 0.29) is 5.54 Å². The zero-order valence-corrected chi connectivity index (χ0v) is 12.2. The molecule has 0 aliphatic carbocycles. The second-order valence-corrected chi connectivity index (χ2v) is 5.55. The first-order chi connectivity index (χ1) is 9.11. The molecule has 1 saturated heterocycles. The molecule has 19 heavy (non-hydrogen) atoms. The number of ether oxygens (including phenoxy) is 1. The lowest BCUT2D eigenvalue weighted by molar-refractivity contribution is 0.135. The van der Waals surface area contributed by atoms with Crippen LogP contribution >= 0.6 is 0 Å². The van der Waals surface area contributed by atoms with Crippen LogP contribution in [0.4, 0.5) is 5.69 Å². The Bertz CT molecular complexity index is 404. The minimum absolute atomic E-state index is 0.0954. The van der Waals surface area contributed by atoms with Gasteiger partial charge in [0, 0.05) is 25.3 Å². The molecular formula is C15H25N3O. The smallest absolute Gasteiger partial charge is 0.119 e. The van der Waals surface area contributed by atoms with Gasteiger partial charge in [-0.25, -0.2) is 0 Å². The highest BCUT2D eigenvalue weighted by molar-refractivity contribution is 5.50. The molecule has 1 aliphatic rings. The van der Waals surface area contributed by atoms with Gasteiger partial charge in [0.05, 0.1) is 12.6 Å². The number of rotatable bonds is 4. The first-order valence-corrected chi connectivity index (χ1v) is 6.88. The van der Waals surface area contributed by atoms with Crippen LogP contribution in [0.2, 0.25) is 0 Å². The number of benzene rings is 1. The Morgan fingerprint density at radius 1 is 1.32 bits per heavy atom. The predicted octanol–water partition coefficient (Wildman–Crippen LogP) is 1.55. The molecular weight excluding hydrogens is 238 g/mol. The Balaban J connectivity index is 2.16. The van der Waals surface area contributed by atoms with Crippen molar-refractivity contribution in [2.24, 2.45) is 5.73 Å². The molecule has 1 fully saturated rings. The molecule has 1 atom stereocenters. The molecule has 0 spiro atoms. The van der Waals surface area contributed by atoms with Gasteiger partial charge in [-0.15, -0.1) is 0 Å². The van der Waals surface area contributed by atoms with E-state index >= 15 is 0 Å². The molecule has 2 rings (SSSR count). The number of hydrogen-bond acceptors (Lipinski definition) is 4. The molecule has 0 aromatic heterocycles. The summed E-state index contributed by atoms with van der Waals surface area (Å²) < 4.78 is 5.21. The van der Waals surface area contributed by atoms with Gasteiger partial charge in [0.1, 0.15) is 5.75 Å². The highest BCUT2D eigenvalue weighted by Crippen LogP contribution is 2.29. The lowest BCUT2D eigenvalue weighted by Crippen LogP contribution is -2.60. The molecule has 1 aliphatic heterocycles. The third kappa shape index (κ3) is 2.85. The molecule has 0 saturated carbocycles. The summed E-state index contributed by atoms with van der Waals surface area (Å²) in [7, 11) is 5.95. The number of anilines is 1. The average Bonchev–Trinajstić information content (AvgIpc) is 2.47. The van der Waals surface area contributed by atoms with Gasteiger partial charge in [0.2, 0.25) is 0 Å². The Labute approximate surface area is 116 Å². The zero-order valence-electron chi connectivity index (χ0n) is 12.2. The molecule has 4 nitrogen and oxygen atoms in total. The molecule has 4 heteroatoms. The molecule has 0 bridgehead atoms. The SMILES string of the molecule is COc1ccc(N2CCCC(CN)(N(C)C)C2)cc1. The fourth-order valence-electron chi connectivity index (χ4n) is 2.84. The van der Waals surface area contributed by atoms with E-state index in [2.05, 4.69) is 36.0 Å². The summed E-state index contributed by atoms with van der Waals surface area (Å²) in [4.78, 5) is 4.71. The second-order valence-electron chi connectivity index (χ2n) is 5.55. The monoisotopic (exact) mass is 263 g/mol. The summed E-state index contributed by atoms with van der Waals surface area (Å²) in [5.74, 6) is 0.901. The van der Waals surface area contributed by atoms with E-state index in [1.54, 1.807) is 7.11 Å². The van der Waals surface area contributed by atoms with E-state index in [1.807, 2.05) is 12.1 Å². The minimum atomic E-state index is 0.0954. The van der Waals surface area contributed by atoms with E-state index in [9.17, 15) is 0 Å². The van der Waals surface area contributed by atoms with Crippen molar-refractivity contribution in [3.63, 3.8) is 0 Å². The molecule has 2 N–H and O–H groups in total. The van der Waals surface area contributed by atoms with Crippen molar-refractivity contribution in [3.8, 4) is 5.75 Å². The van der Waals surface area contributed by atoms with Crippen LogP contribution in [0.1, 0.15) is 12.8 Å². The van der Waals surface area contributed by atoms with Crippen molar-refractivity contribution in [1.82, 2.24) is 4.90 Å². The largest absolute Gasteiger partial charge is 0.497 e. The van der Waals surface area contributed by atoms with E-state index in [1.165, 1.54) is 18.5 Å². The Kier molecular flexibility index (Phi) is 4.32. The highest BCUT2D eigenvalue weighted by Gasteiger charge is 2.36. The summed E-state index contributed by atoms with van der Waals surface area (Å²) in [6, 6.07) is 8.29. The average molecular weight is 263 g/mol. The number of likely N-dealkylation sites (N-methyl/N-ethyl adjacent to an activating group) is 1. The second kappa shape index (κ2) is 5.80. The molecule has 1 unspecified atom stereocenters. The number of methoxy groups -OCH3 is 1. The van der Waals surface area contributed by atoms with Gasteiger partial charge in [-0.1, -0.05) is 0 Å². The topological polar surface area (TPSA) is 41.7 Å². The predicted molar refractivity (Wildman–Crippen MR) is 79.9 cm³/mol. The van der Waals surface area contributed by atoms with E-state index in [4.69, 9.17) is 10.5 Å². The quantitative estimate of drug-likeness (QED) is 0.895. The van der Waals surface area contributed by atoms with Crippen LogP contribution in [-0.2, 0) is 0 Å². The molecule has 1 aromatic rings. The summed E-state index contributed by atoms with van der Waals surface area (Å²) >= 11 is 0. The van der Waals surface area contributed by atoms with Crippen molar-refractivity contribution in [1.29, 1.82) is 0 Å². The number of nitrogens with two attached hydrogens (primary N) is 1. The maximum atomic E-state index is 6.04. The van der Waals surface area contributed by atoms with Gasteiger partial charge in [-0.3, -0.25) is 0 Å². The fourth-order valence-corrected chi connectivity index (χ4v) is 2.84.